The van der Waals surface area contributed by atoms with Crippen molar-refractivity contribution in [2.24, 2.45) is 0 Å². The standard InChI is InChI=1S/C15H22FNO2/c1-11(12-6-5-7-13(16)10-12)17-9-8-14(18)19-15(2,3)4/h5-7,10-11,17H,8-9H2,1-4H3/t11-/m0/s1. The highest BCUT2D eigenvalue weighted by atomic mass is 19.1. The molecule has 0 aliphatic heterocycles. The van der Waals surface area contributed by atoms with Gasteiger partial charge in [0.15, 0.2) is 0 Å². The second-order valence-corrected chi connectivity index (χ2v) is 5.57. The zero-order valence-electron chi connectivity index (χ0n) is 12.0. The van der Waals surface area contributed by atoms with E-state index in [9.17, 15) is 9.18 Å². The first-order chi connectivity index (χ1) is 8.78. The number of rotatable bonds is 5. The Morgan fingerprint density at radius 2 is 2.11 bits per heavy atom. The molecule has 0 saturated heterocycles. The summed E-state index contributed by atoms with van der Waals surface area (Å²) >= 11 is 0. The van der Waals surface area contributed by atoms with Gasteiger partial charge in [-0.15, -0.1) is 0 Å². The molecule has 0 aliphatic carbocycles. The minimum Gasteiger partial charge on any atom is -0.460 e. The van der Waals surface area contributed by atoms with Gasteiger partial charge in [0.2, 0.25) is 0 Å². The predicted molar refractivity (Wildman–Crippen MR) is 73.3 cm³/mol. The topological polar surface area (TPSA) is 38.3 Å². The van der Waals surface area contributed by atoms with Crippen LogP contribution in [0.2, 0.25) is 0 Å². The van der Waals surface area contributed by atoms with Crippen molar-refractivity contribution in [2.45, 2.75) is 45.8 Å². The van der Waals surface area contributed by atoms with E-state index in [-0.39, 0.29) is 17.8 Å². The van der Waals surface area contributed by atoms with Gasteiger partial charge in [0.05, 0.1) is 6.42 Å². The Bertz CT molecular complexity index is 426. The van der Waals surface area contributed by atoms with Crippen LogP contribution >= 0.6 is 0 Å². The number of nitrogens with one attached hydrogen (secondary N) is 1. The van der Waals surface area contributed by atoms with Gasteiger partial charge >= 0.3 is 5.97 Å². The molecule has 19 heavy (non-hydrogen) atoms. The Labute approximate surface area is 114 Å². The number of hydrogen-bond acceptors (Lipinski definition) is 3. The first-order valence-electron chi connectivity index (χ1n) is 6.48. The van der Waals surface area contributed by atoms with Crippen LogP contribution in [0.3, 0.4) is 0 Å². The molecule has 106 valence electrons. The lowest BCUT2D eigenvalue weighted by Gasteiger charge is -2.20. The Morgan fingerprint density at radius 3 is 2.68 bits per heavy atom. The molecule has 0 radical (unpaired) electrons. The third-order valence-electron chi connectivity index (χ3n) is 2.55. The van der Waals surface area contributed by atoms with Gasteiger partial charge in [-0.2, -0.15) is 0 Å². The molecule has 0 aliphatic rings. The van der Waals surface area contributed by atoms with Crippen LogP contribution in [0.15, 0.2) is 24.3 Å². The quantitative estimate of drug-likeness (QED) is 0.832. The number of carbonyl (C=O) groups excluding carboxylic acids is 1. The largest absolute Gasteiger partial charge is 0.460 e. The first-order valence-corrected chi connectivity index (χ1v) is 6.48. The number of carbonyl (C=O) groups is 1. The van der Waals surface area contributed by atoms with Crippen LogP contribution in [0.1, 0.15) is 45.7 Å². The van der Waals surface area contributed by atoms with E-state index in [0.717, 1.165) is 5.56 Å². The average molecular weight is 267 g/mol. The maximum atomic E-state index is 13.1. The summed E-state index contributed by atoms with van der Waals surface area (Å²) in [6.07, 6.45) is 0.303. The van der Waals surface area contributed by atoms with Crippen LogP contribution in [-0.2, 0) is 9.53 Å². The molecular formula is C15H22FNO2. The molecule has 0 aromatic heterocycles. The summed E-state index contributed by atoms with van der Waals surface area (Å²) in [5.41, 5.74) is 0.412. The van der Waals surface area contributed by atoms with Crippen molar-refractivity contribution in [3.05, 3.63) is 35.6 Å². The summed E-state index contributed by atoms with van der Waals surface area (Å²) in [6, 6.07) is 6.44. The fraction of sp³-hybridized carbons (Fsp3) is 0.533. The number of benzene rings is 1. The Morgan fingerprint density at radius 1 is 1.42 bits per heavy atom. The van der Waals surface area contributed by atoms with Gasteiger partial charge in [0.1, 0.15) is 11.4 Å². The smallest absolute Gasteiger partial charge is 0.307 e. The first kappa shape index (κ1) is 15.6. The molecule has 4 heteroatoms. The number of hydrogen-bond donors (Lipinski definition) is 1. The SMILES string of the molecule is C[C@H](NCCC(=O)OC(C)(C)C)c1cccc(F)c1. The van der Waals surface area contributed by atoms with Gasteiger partial charge in [-0.25, -0.2) is 4.39 Å². The van der Waals surface area contributed by atoms with Gasteiger partial charge in [-0.05, 0) is 45.4 Å². The number of halogens is 1. The third-order valence-corrected chi connectivity index (χ3v) is 2.55. The van der Waals surface area contributed by atoms with Crippen molar-refractivity contribution in [3.8, 4) is 0 Å². The van der Waals surface area contributed by atoms with E-state index in [2.05, 4.69) is 5.32 Å². The van der Waals surface area contributed by atoms with Crippen LogP contribution in [0, 0.1) is 5.82 Å². The Kier molecular flexibility index (Phi) is 5.48. The van der Waals surface area contributed by atoms with Crippen molar-refractivity contribution >= 4 is 5.97 Å². The minimum atomic E-state index is -0.453. The molecule has 0 heterocycles. The molecule has 1 aromatic carbocycles. The van der Waals surface area contributed by atoms with E-state index < -0.39 is 5.60 Å². The third kappa shape index (κ3) is 6.34. The van der Waals surface area contributed by atoms with Crippen LogP contribution in [-0.4, -0.2) is 18.1 Å². The number of ether oxygens (including phenoxy) is 1. The van der Waals surface area contributed by atoms with Crippen LogP contribution in [0.5, 0.6) is 0 Å². The van der Waals surface area contributed by atoms with E-state index in [0.29, 0.717) is 13.0 Å². The fourth-order valence-corrected chi connectivity index (χ4v) is 1.68. The molecule has 1 atom stereocenters. The van der Waals surface area contributed by atoms with Gasteiger partial charge < -0.3 is 10.1 Å². The molecule has 3 nitrogen and oxygen atoms in total. The second-order valence-electron chi connectivity index (χ2n) is 5.57. The minimum absolute atomic E-state index is 0.00173. The van der Waals surface area contributed by atoms with Crippen molar-refractivity contribution < 1.29 is 13.9 Å². The molecule has 0 saturated carbocycles. The van der Waals surface area contributed by atoms with Gasteiger partial charge in [0, 0.05) is 12.6 Å². The second kappa shape index (κ2) is 6.66. The van der Waals surface area contributed by atoms with E-state index in [1.165, 1.54) is 12.1 Å². The van der Waals surface area contributed by atoms with E-state index >= 15 is 0 Å². The van der Waals surface area contributed by atoms with Crippen molar-refractivity contribution in [3.63, 3.8) is 0 Å². The molecule has 0 amide bonds. The van der Waals surface area contributed by atoms with Gasteiger partial charge in [-0.3, -0.25) is 4.79 Å². The van der Waals surface area contributed by atoms with E-state index in [1.807, 2.05) is 33.8 Å². The lowest BCUT2D eigenvalue weighted by atomic mass is 10.1. The zero-order valence-corrected chi connectivity index (χ0v) is 12.0. The molecule has 1 aromatic rings. The Hall–Kier alpha value is -1.42. The lowest BCUT2D eigenvalue weighted by Crippen LogP contribution is -2.27. The van der Waals surface area contributed by atoms with E-state index in [1.54, 1.807) is 6.07 Å². The highest BCUT2D eigenvalue weighted by molar-refractivity contribution is 5.70. The molecule has 1 N–H and O–H groups in total. The average Bonchev–Trinajstić information content (AvgIpc) is 2.26. The molecule has 0 unspecified atom stereocenters. The summed E-state index contributed by atoms with van der Waals surface area (Å²) < 4.78 is 18.3. The summed E-state index contributed by atoms with van der Waals surface area (Å²) in [4.78, 5) is 11.5. The molecule has 0 bridgehead atoms. The zero-order chi connectivity index (χ0) is 14.5. The van der Waals surface area contributed by atoms with Crippen LogP contribution in [0.25, 0.3) is 0 Å². The van der Waals surface area contributed by atoms with Crippen LogP contribution in [0.4, 0.5) is 4.39 Å². The lowest BCUT2D eigenvalue weighted by molar-refractivity contribution is -0.154. The highest BCUT2D eigenvalue weighted by Gasteiger charge is 2.16. The normalized spacial score (nSPS) is 13.1. The molecule has 0 fully saturated rings. The molecular weight excluding hydrogens is 245 g/mol. The molecule has 1 rings (SSSR count). The van der Waals surface area contributed by atoms with Crippen molar-refractivity contribution in [2.75, 3.05) is 6.54 Å². The fourth-order valence-electron chi connectivity index (χ4n) is 1.68. The Balaban J connectivity index is 2.35. The summed E-state index contributed by atoms with van der Waals surface area (Å²) in [5.74, 6) is -0.482. The highest BCUT2D eigenvalue weighted by Crippen LogP contribution is 2.13. The maximum Gasteiger partial charge on any atom is 0.307 e. The summed E-state index contributed by atoms with van der Waals surface area (Å²) in [7, 11) is 0. The number of esters is 1. The molecule has 0 spiro atoms. The van der Waals surface area contributed by atoms with E-state index in [4.69, 9.17) is 4.74 Å². The monoisotopic (exact) mass is 267 g/mol. The van der Waals surface area contributed by atoms with Crippen molar-refractivity contribution in [1.29, 1.82) is 0 Å². The summed E-state index contributed by atoms with van der Waals surface area (Å²) in [5, 5.41) is 3.18. The predicted octanol–water partition coefficient (Wildman–Crippen LogP) is 3.21. The summed E-state index contributed by atoms with van der Waals surface area (Å²) in [6.45, 7) is 7.96. The van der Waals surface area contributed by atoms with Crippen LogP contribution < -0.4 is 5.32 Å². The van der Waals surface area contributed by atoms with Gasteiger partial charge in [0.25, 0.3) is 0 Å². The van der Waals surface area contributed by atoms with Crippen molar-refractivity contribution in [1.82, 2.24) is 5.32 Å². The van der Waals surface area contributed by atoms with Gasteiger partial charge in [-0.1, -0.05) is 12.1 Å². The maximum absolute atomic E-state index is 13.1.